The summed E-state index contributed by atoms with van der Waals surface area (Å²) in [5.74, 6) is 4.69. The molecule has 1 aromatic rings. The molecule has 0 N–H and O–H groups in total. The molecule has 6 atom stereocenters. The molecule has 4 rings (SSSR count). The van der Waals surface area contributed by atoms with E-state index >= 15 is 0 Å². The predicted molar refractivity (Wildman–Crippen MR) is 212 cm³/mol. The molecule has 0 amide bonds. The molecule has 3 aliphatic carbocycles. The SMILES string of the molecule is COc1c(C(C)(C)C)cc(C2CCCC3C2CCC3[Si](C)(C)[Si](C)(C)C2CCC(CC(C)(C)C)C2)cc1C(C)(C)C.[CH3-].[CH3-].[Cl][Zr+2][Cl]. The first-order valence-corrected chi connectivity index (χ1v) is 31.3. The van der Waals surface area contributed by atoms with Gasteiger partial charge in [0.15, 0.2) is 0 Å². The first-order valence-electron chi connectivity index (χ1n) is 17.8. The fourth-order valence-electron chi connectivity index (χ4n) is 10.1. The van der Waals surface area contributed by atoms with Gasteiger partial charge in [-0.2, -0.15) is 0 Å². The zero-order chi connectivity index (χ0) is 33.5. The molecule has 266 valence electrons. The zero-order valence-corrected chi connectivity index (χ0v) is 39.1. The number of hydrogen-bond acceptors (Lipinski definition) is 1. The number of fused-ring (bicyclic) bond motifs is 1. The molecule has 1 nitrogen and oxygen atoms in total. The third-order valence-corrected chi connectivity index (χ3v) is 33.6. The van der Waals surface area contributed by atoms with E-state index in [9.17, 15) is 0 Å². The minimum absolute atomic E-state index is 0. The molecule has 3 fully saturated rings. The fourth-order valence-corrected chi connectivity index (χ4v) is 24.2. The summed E-state index contributed by atoms with van der Waals surface area (Å²) >= 11 is -0.826. The maximum atomic E-state index is 6.15. The Morgan fingerprint density at radius 1 is 0.739 bits per heavy atom. The van der Waals surface area contributed by atoms with Gasteiger partial charge in [0.05, 0.1) is 7.11 Å². The second kappa shape index (κ2) is 17.0. The molecule has 46 heavy (non-hydrogen) atoms. The number of benzene rings is 1. The third kappa shape index (κ3) is 10.0. The van der Waals surface area contributed by atoms with Crippen LogP contribution < -0.4 is 4.74 Å². The van der Waals surface area contributed by atoms with Gasteiger partial charge < -0.3 is 19.6 Å². The van der Waals surface area contributed by atoms with Crippen LogP contribution in [-0.2, 0) is 31.7 Å². The van der Waals surface area contributed by atoms with Crippen LogP contribution in [0, 0.1) is 38.0 Å². The van der Waals surface area contributed by atoms with E-state index < -0.39 is 36.0 Å². The van der Waals surface area contributed by atoms with Gasteiger partial charge in [-0.15, -0.1) is 0 Å². The van der Waals surface area contributed by atoms with Crippen LogP contribution >= 0.6 is 17.0 Å². The monoisotopic (exact) mass is 786 g/mol. The summed E-state index contributed by atoms with van der Waals surface area (Å²) in [4.78, 5) is 0. The molecule has 0 heterocycles. The predicted octanol–water partition coefficient (Wildman–Crippen LogP) is 14.3. The first kappa shape index (κ1) is 44.9. The normalized spacial score (nSPS) is 27.0. The van der Waals surface area contributed by atoms with E-state index in [1.807, 2.05) is 7.11 Å². The van der Waals surface area contributed by atoms with Crippen molar-refractivity contribution in [2.24, 2.45) is 23.2 Å². The van der Waals surface area contributed by atoms with E-state index in [2.05, 4.69) is 101 Å². The second-order valence-electron chi connectivity index (χ2n) is 19.4. The van der Waals surface area contributed by atoms with Crippen LogP contribution in [-0.4, -0.2) is 22.3 Å². The Bertz CT molecular complexity index is 1060. The zero-order valence-electron chi connectivity index (χ0n) is 33.1. The van der Waals surface area contributed by atoms with E-state index in [1.54, 1.807) is 12.0 Å². The fraction of sp³-hybridized carbons (Fsp3) is 0.800. The first-order chi connectivity index (χ1) is 20.1. The standard InChI is InChI=1S/C38H68OSi2.2CH3.2ClH.Zr/c1-36(2,3)25-26-18-19-28(22-26)40(11,12)41(13,14)34-21-20-30-29(16-15-17-31(30)34)27-23-32(37(4,5)6)35(39-10)33(24-27)38(7,8)9;;;;;/h23-24,26,28-31,34H,15-22,25H2,1-14H3;2*1H3;2*1H;/q;2*-1;;;+4/p-2. The molecule has 3 aliphatic rings. The summed E-state index contributed by atoms with van der Waals surface area (Å²) in [5.41, 5.74) is 7.19. The molecule has 6 heteroatoms. The molecule has 0 radical (unpaired) electrons. The van der Waals surface area contributed by atoms with Crippen molar-refractivity contribution in [1.82, 2.24) is 0 Å². The van der Waals surface area contributed by atoms with Gasteiger partial charge in [-0.1, -0.05) is 139 Å². The van der Waals surface area contributed by atoms with Gasteiger partial charge in [0.25, 0.3) is 0 Å². The Labute approximate surface area is 309 Å². The van der Waals surface area contributed by atoms with Crippen LogP contribution in [0.2, 0.25) is 37.3 Å². The van der Waals surface area contributed by atoms with Gasteiger partial charge >= 0.3 is 37.9 Å². The van der Waals surface area contributed by atoms with Crippen molar-refractivity contribution in [3.05, 3.63) is 43.7 Å². The Morgan fingerprint density at radius 2 is 1.26 bits per heavy atom. The summed E-state index contributed by atoms with van der Waals surface area (Å²) in [6.45, 7) is 33.1. The van der Waals surface area contributed by atoms with E-state index in [0.717, 1.165) is 40.5 Å². The van der Waals surface area contributed by atoms with E-state index in [-0.39, 0.29) is 25.7 Å². The molecule has 0 bridgehead atoms. The van der Waals surface area contributed by atoms with Crippen LogP contribution in [0.15, 0.2) is 12.1 Å². The van der Waals surface area contributed by atoms with Gasteiger partial charge in [0, 0.05) is 26.3 Å². The summed E-state index contributed by atoms with van der Waals surface area (Å²) in [5, 5.41) is 0. The van der Waals surface area contributed by atoms with Gasteiger partial charge in [-0.05, 0) is 75.8 Å². The van der Waals surface area contributed by atoms with Gasteiger partial charge in [0.1, 0.15) is 5.75 Å². The average molecular weight is 789 g/mol. The molecular formula is C40H74Cl2OSi2Zr. The number of ether oxygens (including phenoxy) is 1. The molecule has 6 unspecified atom stereocenters. The number of hydrogen-bond donors (Lipinski definition) is 0. The van der Waals surface area contributed by atoms with Crippen LogP contribution in [0.1, 0.15) is 143 Å². The number of methoxy groups -OCH3 is 1. The van der Waals surface area contributed by atoms with E-state index in [1.165, 1.54) is 62.5 Å². The van der Waals surface area contributed by atoms with E-state index in [4.69, 9.17) is 21.8 Å². The Kier molecular flexibility index (Phi) is 16.6. The van der Waals surface area contributed by atoms with Crippen LogP contribution in [0.5, 0.6) is 5.75 Å². The van der Waals surface area contributed by atoms with Crippen molar-refractivity contribution in [2.75, 3.05) is 7.11 Å². The van der Waals surface area contributed by atoms with Crippen molar-refractivity contribution in [3.8, 4) is 5.75 Å². The van der Waals surface area contributed by atoms with E-state index in [0.29, 0.717) is 5.41 Å². The molecule has 1 aromatic carbocycles. The average Bonchev–Trinajstić information content (AvgIpc) is 3.54. The molecule has 3 saturated carbocycles. The molecule has 0 aliphatic heterocycles. The topological polar surface area (TPSA) is 9.23 Å². The quantitative estimate of drug-likeness (QED) is 0.206. The van der Waals surface area contributed by atoms with Crippen LogP contribution in [0.3, 0.4) is 0 Å². The van der Waals surface area contributed by atoms with Gasteiger partial charge in [-0.3, -0.25) is 0 Å². The molecule has 0 saturated heterocycles. The Morgan fingerprint density at radius 3 is 1.72 bits per heavy atom. The molecule has 0 spiro atoms. The summed E-state index contributed by atoms with van der Waals surface area (Å²) in [7, 11) is 9.07. The Hall–Kier alpha value is 0.917. The van der Waals surface area contributed by atoms with Crippen molar-refractivity contribution in [1.29, 1.82) is 0 Å². The van der Waals surface area contributed by atoms with Crippen molar-refractivity contribution >= 4 is 32.2 Å². The summed E-state index contributed by atoms with van der Waals surface area (Å²) in [6.07, 6.45) is 13.3. The maximum absolute atomic E-state index is 6.15. The van der Waals surface area contributed by atoms with Crippen LogP contribution in [0.4, 0.5) is 0 Å². The van der Waals surface area contributed by atoms with Crippen molar-refractivity contribution in [2.45, 2.75) is 174 Å². The number of halogens is 2. The summed E-state index contributed by atoms with van der Waals surface area (Å²) < 4.78 is 6.15. The summed E-state index contributed by atoms with van der Waals surface area (Å²) in [6, 6.07) is 5.17. The second-order valence-corrected chi connectivity index (χ2v) is 39.3. The molecule has 0 aromatic heterocycles. The van der Waals surface area contributed by atoms with Crippen molar-refractivity contribution < 1.29 is 25.6 Å². The van der Waals surface area contributed by atoms with Crippen LogP contribution in [0.25, 0.3) is 0 Å². The Balaban J connectivity index is 0.00000203. The molecular weight excluding hydrogens is 715 g/mol. The number of rotatable bonds is 6. The van der Waals surface area contributed by atoms with Gasteiger partial charge in [-0.25, -0.2) is 0 Å². The van der Waals surface area contributed by atoms with Gasteiger partial charge in [0.2, 0.25) is 0 Å². The van der Waals surface area contributed by atoms with Crippen molar-refractivity contribution in [3.63, 3.8) is 0 Å². The third-order valence-electron chi connectivity index (χ3n) is 12.9. The minimum atomic E-state index is -1.37.